The van der Waals surface area contributed by atoms with E-state index in [4.69, 9.17) is 21.4 Å². The molecule has 0 spiro atoms. The van der Waals surface area contributed by atoms with Crippen LogP contribution in [0.5, 0.6) is 5.75 Å². The summed E-state index contributed by atoms with van der Waals surface area (Å²) in [5.41, 5.74) is 1.12. The molecule has 0 saturated carbocycles. The van der Waals surface area contributed by atoms with E-state index in [9.17, 15) is 14.4 Å². The molecule has 2 aromatic carbocycles. The molecule has 2 N–H and O–H groups in total. The molecule has 10 heteroatoms. The topological polar surface area (TPSA) is 115 Å². The highest BCUT2D eigenvalue weighted by Gasteiger charge is 2.15. The van der Waals surface area contributed by atoms with Crippen molar-refractivity contribution >= 4 is 29.0 Å². The summed E-state index contributed by atoms with van der Waals surface area (Å²) in [5.74, 6) is 0.836. The van der Waals surface area contributed by atoms with E-state index in [1.165, 1.54) is 4.57 Å². The number of anilines is 2. The van der Waals surface area contributed by atoms with Gasteiger partial charge in [-0.1, -0.05) is 23.7 Å². The number of rotatable bonds is 13. The van der Waals surface area contributed by atoms with Gasteiger partial charge in [0.15, 0.2) is 0 Å². The predicted molar refractivity (Wildman–Crippen MR) is 144 cm³/mol. The minimum absolute atomic E-state index is 0.0184. The molecule has 0 radical (unpaired) electrons. The van der Waals surface area contributed by atoms with Crippen molar-refractivity contribution in [2.24, 2.45) is 0 Å². The maximum atomic E-state index is 13.4. The molecule has 0 aliphatic rings. The Hall–Kier alpha value is -3.43. The number of nitrogens with one attached hydrogen (secondary N) is 1. The molecule has 1 heterocycles. The van der Waals surface area contributed by atoms with Crippen LogP contribution in [0.4, 0.5) is 11.6 Å². The van der Waals surface area contributed by atoms with Gasteiger partial charge in [0.25, 0.3) is 0 Å². The SMILES string of the molecule is Cc1cc(Nc2nc(=O)n(CCCC(=O)CCCO)c(=O)n2Cc2ccc(Cl)cc2)ccc1OC(C)C. The smallest absolute Gasteiger partial charge is 0.354 e. The number of nitrogens with zero attached hydrogens (tertiary/aromatic N) is 3. The van der Waals surface area contributed by atoms with E-state index in [-0.39, 0.29) is 50.4 Å². The van der Waals surface area contributed by atoms with Gasteiger partial charge in [0.2, 0.25) is 5.95 Å². The van der Waals surface area contributed by atoms with Gasteiger partial charge in [0, 0.05) is 36.7 Å². The lowest BCUT2D eigenvalue weighted by Gasteiger charge is -2.17. The average Bonchev–Trinajstić information content (AvgIpc) is 2.85. The second kappa shape index (κ2) is 13.2. The maximum absolute atomic E-state index is 13.4. The Morgan fingerprint density at radius 1 is 1.08 bits per heavy atom. The number of carbonyl (C=O) groups excluding carboxylic acids is 1. The van der Waals surface area contributed by atoms with E-state index < -0.39 is 11.4 Å². The van der Waals surface area contributed by atoms with Crippen molar-refractivity contribution in [1.29, 1.82) is 0 Å². The van der Waals surface area contributed by atoms with Crippen molar-refractivity contribution in [3.05, 3.63) is 79.6 Å². The first kappa shape index (κ1) is 28.1. The Bertz CT molecular complexity index is 1330. The monoisotopic (exact) mass is 528 g/mol. The van der Waals surface area contributed by atoms with Crippen LogP contribution < -0.4 is 21.4 Å². The summed E-state index contributed by atoms with van der Waals surface area (Å²) in [5, 5.41) is 12.6. The third kappa shape index (κ3) is 8.03. The third-order valence-corrected chi connectivity index (χ3v) is 5.90. The molecule has 0 saturated heterocycles. The molecule has 198 valence electrons. The van der Waals surface area contributed by atoms with Crippen molar-refractivity contribution in [2.75, 3.05) is 11.9 Å². The Balaban J connectivity index is 1.92. The van der Waals surface area contributed by atoms with Gasteiger partial charge < -0.3 is 15.2 Å². The lowest BCUT2D eigenvalue weighted by atomic mass is 10.1. The number of Topliss-reactive ketones (excluding diaryl/α,β-unsaturated/α-hetero) is 1. The number of ether oxygens (including phenoxy) is 1. The molecular formula is C27H33ClN4O5. The number of aromatic nitrogens is 3. The molecule has 0 amide bonds. The normalized spacial score (nSPS) is 11.1. The van der Waals surface area contributed by atoms with Crippen molar-refractivity contribution in [2.45, 2.75) is 65.6 Å². The number of aliphatic hydroxyl groups is 1. The molecule has 0 unspecified atom stereocenters. The fraction of sp³-hybridized carbons (Fsp3) is 0.407. The van der Waals surface area contributed by atoms with E-state index in [1.54, 1.807) is 30.3 Å². The number of ketones is 1. The molecular weight excluding hydrogens is 496 g/mol. The van der Waals surface area contributed by atoms with E-state index in [0.717, 1.165) is 21.4 Å². The van der Waals surface area contributed by atoms with E-state index >= 15 is 0 Å². The van der Waals surface area contributed by atoms with Gasteiger partial charge in [-0.05, 0) is 75.1 Å². The summed E-state index contributed by atoms with van der Waals surface area (Å²) in [6.07, 6.45) is 1.24. The van der Waals surface area contributed by atoms with Crippen molar-refractivity contribution in [1.82, 2.24) is 14.1 Å². The Labute approximate surface area is 220 Å². The summed E-state index contributed by atoms with van der Waals surface area (Å²) in [6.45, 7) is 5.99. The van der Waals surface area contributed by atoms with Crippen LogP contribution in [0.2, 0.25) is 5.02 Å². The zero-order valence-corrected chi connectivity index (χ0v) is 22.1. The lowest BCUT2D eigenvalue weighted by molar-refractivity contribution is -0.119. The van der Waals surface area contributed by atoms with Crippen LogP contribution in [0.25, 0.3) is 0 Å². The second-order valence-corrected chi connectivity index (χ2v) is 9.54. The summed E-state index contributed by atoms with van der Waals surface area (Å²) < 4.78 is 8.24. The number of hydrogen-bond donors (Lipinski definition) is 2. The summed E-state index contributed by atoms with van der Waals surface area (Å²) in [7, 11) is 0. The van der Waals surface area contributed by atoms with E-state index in [2.05, 4.69) is 10.3 Å². The molecule has 3 rings (SSSR count). The van der Waals surface area contributed by atoms with Gasteiger partial charge in [0.1, 0.15) is 11.5 Å². The Morgan fingerprint density at radius 2 is 1.78 bits per heavy atom. The van der Waals surface area contributed by atoms with Crippen molar-refractivity contribution in [3.63, 3.8) is 0 Å². The first-order valence-corrected chi connectivity index (χ1v) is 12.7. The van der Waals surface area contributed by atoms with Crippen LogP contribution in [0.3, 0.4) is 0 Å². The number of aliphatic hydroxyl groups excluding tert-OH is 1. The Morgan fingerprint density at radius 3 is 2.43 bits per heavy atom. The predicted octanol–water partition coefficient (Wildman–Crippen LogP) is 4.07. The largest absolute Gasteiger partial charge is 0.491 e. The minimum Gasteiger partial charge on any atom is -0.491 e. The molecule has 0 fully saturated rings. The number of benzene rings is 2. The molecule has 1 aromatic heterocycles. The quantitative estimate of drug-likeness (QED) is 0.343. The van der Waals surface area contributed by atoms with Crippen LogP contribution in [0, 0.1) is 6.92 Å². The van der Waals surface area contributed by atoms with Gasteiger partial charge in [-0.15, -0.1) is 0 Å². The second-order valence-electron chi connectivity index (χ2n) is 9.11. The number of hydrogen-bond acceptors (Lipinski definition) is 7. The van der Waals surface area contributed by atoms with Crippen LogP contribution in [-0.4, -0.2) is 37.7 Å². The van der Waals surface area contributed by atoms with E-state index in [0.29, 0.717) is 23.6 Å². The van der Waals surface area contributed by atoms with Crippen molar-refractivity contribution < 1.29 is 14.6 Å². The fourth-order valence-electron chi connectivity index (χ4n) is 3.81. The third-order valence-electron chi connectivity index (χ3n) is 5.65. The summed E-state index contributed by atoms with van der Waals surface area (Å²) >= 11 is 6.01. The highest BCUT2D eigenvalue weighted by molar-refractivity contribution is 6.30. The van der Waals surface area contributed by atoms with Crippen LogP contribution >= 0.6 is 11.6 Å². The van der Waals surface area contributed by atoms with Gasteiger partial charge in [-0.25, -0.2) is 14.2 Å². The van der Waals surface area contributed by atoms with Crippen LogP contribution in [-0.2, 0) is 17.9 Å². The van der Waals surface area contributed by atoms with Crippen LogP contribution in [0.1, 0.15) is 50.7 Å². The van der Waals surface area contributed by atoms with Gasteiger partial charge in [-0.2, -0.15) is 4.98 Å². The lowest BCUT2D eigenvalue weighted by Crippen LogP contribution is -2.42. The zero-order chi connectivity index (χ0) is 26.9. The molecule has 0 bridgehead atoms. The average molecular weight is 529 g/mol. The highest BCUT2D eigenvalue weighted by atomic mass is 35.5. The highest BCUT2D eigenvalue weighted by Crippen LogP contribution is 2.24. The molecule has 0 aliphatic heterocycles. The summed E-state index contributed by atoms with van der Waals surface area (Å²) in [6, 6.07) is 12.5. The zero-order valence-electron chi connectivity index (χ0n) is 21.4. The van der Waals surface area contributed by atoms with Crippen molar-refractivity contribution in [3.8, 4) is 5.75 Å². The van der Waals surface area contributed by atoms with Crippen LogP contribution in [0.15, 0.2) is 52.1 Å². The first-order chi connectivity index (χ1) is 17.7. The van der Waals surface area contributed by atoms with Gasteiger partial charge in [0.05, 0.1) is 12.6 Å². The molecule has 3 aromatic rings. The fourth-order valence-corrected chi connectivity index (χ4v) is 3.94. The minimum atomic E-state index is -0.695. The molecule has 37 heavy (non-hydrogen) atoms. The van der Waals surface area contributed by atoms with E-state index in [1.807, 2.05) is 32.9 Å². The Kier molecular flexibility index (Phi) is 10.0. The maximum Gasteiger partial charge on any atom is 0.354 e. The first-order valence-electron chi connectivity index (χ1n) is 12.3. The number of aryl methyl sites for hydroxylation is 1. The molecule has 0 atom stereocenters. The molecule has 0 aliphatic carbocycles. The number of carbonyl (C=O) groups is 1. The number of halogens is 1. The van der Waals surface area contributed by atoms with Gasteiger partial charge in [-0.3, -0.25) is 9.36 Å². The standard InChI is InChI=1S/C27H33ClN4O5/c1-18(2)37-24-13-12-22(16-19(24)3)29-25-30-26(35)31(14-4-6-23(34)7-5-15-33)27(36)32(25)17-20-8-10-21(28)11-9-20/h8-13,16,18,33H,4-7,14-15,17H2,1-3H3,(H,29,30,35). The molecule has 9 nitrogen and oxygen atoms in total. The summed E-state index contributed by atoms with van der Waals surface area (Å²) in [4.78, 5) is 42.4. The van der Waals surface area contributed by atoms with Gasteiger partial charge >= 0.3 is 11.4 Å².